The third kappa shape index (κ3) is 5.66. The van der Waals surface area contributed by atoms with E-state index >= 15 is 4.39 Å². The fourth-order valence-corrected chi connectivity index (χ4v) is 5.47. The van der Waals surface area contributed by atoms with E-state index in [1.807, 2.05) is 25.1 Å². The summed E-state index contributed by atoms with van der Waals surface area (Å²) in [4.78, 5) is 22.2. The Kier molecular flexibility index (Phi) is 7.59. The number of ether oxygens (including phenoxy) is 1. The number of rotatable bonds is 6. The lowest BCUT2D eigenvalue weighted by molar-refractivity contribution is -0.0196. The molecular formula is C28H36FN3O3Si. The predicted octanol–water partition coefficient (Wildman–Crippen LogP) is 5.91. The summed E-state index contributed by atoms with van der Waals surface area (Å²) in [6.07, 6.45) is 0.512. The van der Waals surface area contributed by atoms with Gasteiger partial charge in [0, 0.05) is 35.0 Å². The molecule has 1 aliphatic rings. The van der Waals surface area contributed by atoms with Crippen molar-refractivity contribution in [3.05, 3.63) is 71.2 Å². The SMILES string of the molecule is Cc1ccc(C(F)c2cc(C(=O)N[C@H]3CCOC[C@@H]3O[Si](C)(C)C(C)(C)C)nc3ccccc23)cn1. The molecule has 3 heterocycles. The van der Waals surface area contributed by atoms with Crippen LogP contribution in [0.25, 0.3) is 10.9 Å². The van der Waals surface area contributed by atoms with Crippen LogP contribution in [0, 0.1) is 6.92 Å². The fraction of sp³-hybridized carbons (Fsp3) is 0.464. The smallest absolute Gasteiger partial charge is 0.270 e. The second kappa shape index (κ2) is 10.4. The maximum atomic E-state index is 15.8. The van der Waals surface area contributed by atoms with Crippen molar-refractivity contribution in [2.75, 3.05) is 13.2 Å². The van der Waals surface area contributed by atoms with Crippen molar-refractivity contribution in [1.29, 1.82) is 0 Å². The number of pyridine rings is 2. The van der Waals surface area contributed by atoms with Crippen molar-refractivity contribution in [2.45, 2.75) is 70.6 Å². The number of aryl methyl sites for hydroxylation is 1. The molecule has 0 spiro atoms. The number of carbonyl (C=O) groups excluding carboxylic acids is 1. The third-order valence-corrected chi connectivity index (χ3v) is 11.9. The van der Waals surface area contributed by atoms with Gasteiger partial charge in [0.2, 0.25) is 0 Å². The van der Waals surface area contributed by atoms with Gasteiger partial charge in [-0.2, -0.15) is 0 Å². The van der Waals surface area contributed by atoms with Crippen LogP contribution in [0.5, 0.6) is 0 Å². The van der Waals surface area contributed by atoms with Crippen LogP contribution in [-0.2, 0) is 9.16 Å². The van der Waals surface area contributed by atoms with E-state index < -0.39 is 14.5 Å². The van der Waals surface area contributed by atoms with Crippen molar-refractivity contribution in [1.82, 2.24) is 15.3 Å². The first kappa shape index (κ1) is 26.4. The van der Waals surface area contributed by atoms with E-state index in [4.69, 9.17) is 9.16 Å². The second-order valence-electron chi connectivity index (χ2n) is 11.1. The number of benzene rings is 1. The van der Waals surface area contributed by atoms with Gasteiger partial charge < -0.3 is 14.5 Å². The van der Waals surface area contributed by atoms with Crippen LogP contribution in [0.4, 0.5) is 4.39 Å². The van der Waals surface area contributed by atoms with E-state index in [1.54, 1.807) is 30.5 Å². The topological polar surface area (TPSA) is 73.3 Å². The Morgan fingerprint density at radius 3 is 2.67 bits per heavy atom. The lowest BCUT2D eigenvalue weighted by Gasteiger charge is -2.42. The van der Waals surface area contributed by atoms with Gasteiger partial charge in [-0.15, -0.1) is 0 Å². The van der Waals surface area contributed by atoms with Crippen molar-refractivity contribution < 1.29 is 18.3 Å². The zero-order valence-corrected chi connectivity index (χ0v) is 23.0. The Bertz CT molecular complexity index is 1230. The Morgan fingerprint density at radius 1 is 1.22 bits per heavy atom. The van der Waals surface area contributed by atoms with Gasteiger partial charge in [0.1, 0.15) is 5.69 Å². The zero-order valence-electron chi connectivity index (χ0n) is 22.0. The number of aromatic nitrogens is 2. The number of nitrogens with zero attached hydrogens (tertiary/aromatic N) is 2. The van der Waals surface area contributed by atoms with Gasteiger partial charge in [-0.1, -0.05) is 45.0 Å². The number of hydrogen-bond acceptors (Lipinski definition) is 5. The first-order valence-electron chi connectivity index (χ1n) is 12.5. The van der Waals surface area contributed by atoms with Crippen LogP contribution in [0.1, 0.15) is 60.7 Å². The molecule has 36 heavy (non-hydrogen) atoms. The van der Waals surface area contributed by atoms with Crippen LogP contribution in [-0.4, -0.2) is 49.6 Å². The highest BCUT2D eigenvalue weighted by molar-refractivity contribution is 6.74. The number of nitrogens with one attached hydrogen (secondary N) is 1. The summed E-state index contributed by atoms with van der Waals surface area (Å²) >= 11 is 0. The molecule has 0 saturated carbocycles. The Hall–Kier alpha value is -2.68. The Labute approximate surface area is 213 Å². The quantitative estimate of drug-likeness (QED) is 0.419. The Balaban J connectivity index is 1.62. The highest BCUT2D eigenvalue weighted by Gasteiger charge is 2.42. The second-order valence-corrected chi connectivity index (χ2v) is 15.8. The van der Waals surface area contributed by atoms with Crippen molar-refractivity contribution in [3.63, 3.8) is 0 Å². The lowest BCUT2D eigenvalue weighted by atomic mass is 9.98. The fourth-order valence-electron chi connectivity index (χ4n) is 4.13. The van der Waals surface area contributed by atoms with Crippen LogP contribution < -0.4 is 5.32 Å². The predicted molar refractivity (Wildman–Crippen MR) is 142 cm³/mol. The number of para-hydroxylation sites is 1. The first-order valence-corrected chi connectivity index (χ1v) is 15.4. The minimum Gasteiger partial charge on any atom is -0.409 e. The molecule has 3 aromatic rings. The van der Waals surface area contributed by atoms with Crippen molar-refractivity contribution in [3.8, 4) is 0 Å². The monoisotopic (exact) mass is 509 g/mol. The maximum Gasteiger partial charge on any atom is 0.270 e. The van der Waals surface area contributed by atoms with Crippen LogP contribution in [0.15, 0.2) is 48.7 Å². The van der Waals surface area contributed by atoms with E-state index in [9.17, 15) is 4.79 Å². The van der Waals surface area contributed by atoms with E-state index in [-0.39, 0.29) is 28.8 Å². The number of amides is 1. The van der Waals surface area contributed by atoms with Crippen LogP contribution >= 0.6 is 0 Å². The highest BCUT2D eigenvalue weighted by atomic mass is 28.4. The van der Waals surface area contributed by atoms with Crippen molar-refractivity contribution in [2.24, 2.45) is 0 Å². The number of carbonyl (C=O) groups is 1. The number of alkyl halides is 1. The van der Waals surface area contributed by atoms with Crippen LogP contribution in [0.2, 0.25) is 18.1 Å². The largest absolute Gasteiger partial charge is 0.409 e. The normalized spacial score (nSPS) is 19.8. The van der Waals surface area contributed by atoms with E-state index in [1.165, 1.54) is 0 Å². The summed E-state index contributed by atoms with van der Waals surface area (Å²) in [5.41, 5.74) is 2.41. The molecular weight excluding hydrogens is 473 g/mol. The van der Waals surface area contributed by atoms with E-state index in [0.29, 0.717) is 41.7 Å². The van der Waals surface area contributed by atoms with Gasteiger partial charge in [-0.3, -0.25) is 9.78 Å². The number of hydrogen-bond donors (Lipinski definition) is 1. The summed E-state index contributed by atoms with van der Waals surface area (Å²) < 4.78 is 28.1. The van der Waals surface area contributed by atoms with Crippen LogP contribution in [0.3, 0.4) is 0 Å². The molecule has 1 aromatic carbocycles. The molecule has 0 aliphatic carbocycles. The summed E-state index contributed by atoms with van der Waals surface area (Å²) in [6.45, 7) is 13.8. The molecule has 1 fully saturated rings. The average Bonchev–Trinajstić information content (AvgIpc) is 2.83. The molecule has 3 atom stereocenters. The lowest BCUT2D eigenvalue weighted by Crippen LogP contribution is -2.55. The first-order chi connectivity index (χ1) is 17.0. The molecule has 192 valence electrons. The molecule has 1 unspecified atom stereocenters. The molecule has 8 heteroatoms. The van der Waals surface area contributed by atoms with E-state index in [2.05, 4.69) is 49.1 Å². The third-order valence-electron chi connectivity index (χ3n) is 7.35. The number of halogens is 1. The maximum absolute atomic E-state index is 15.8. The molecule has 0 radical (unpaired) electrons. The summed E-state index contributed by atoms with van der Waals surface area (Å²) in [6, 6.07) is 12.2. The van der Waals surface area contributed by atoms with Gasteiger partial charge in [-0.25, -0.2) is 9.37 Å². The van der Waals surface area contributed by atoms with Gasteiger partial charge in [-0.05, 0) is 49.7 Å². The van der Waals surface area contributed by atoms with Gasteiger partial charge in [0.15, 0.2) is 14.5 Å². The molecule has 0 bridgehead atoms. The Morgan fingerprint density at radius 2 is 1.97 bits per heavy atom. The molecule has 2 aromatic heterocycles. The van der Waals surface area contributed by atoms with Gasteiger partial charge >= 0.3 is 0 Å². The average molecular weight is 510 g/mol. The van der Waals surface area contributed by atoms with Gasteiger partial charge in [0.05, 0.1) is 24.3 Å². The number of fused-ring (bicyclic) bond motifs is 1. The van der Waals surface area contributed by atoms with Crippen molar-refractivity contribution >= 4 is 25.1 Å². The molecule has 1 amide bonds. The summed E-state index contributed by atoms with van der Waals surface area (Å²) in [5, 5.41) is 3.83. The molecule has 1 aliphatic heterocycles. The molecule has 4 rings (SSSR count). The van der Waals surface area contributed by atoms with E-state index in [0.717, 1.165) is 5.69 Å². The summed E-state index contributed by atoms with van der Waals surface area (Å²) in [7, 11) is -2.07. The molecule has 6 nitrogen and oxygen atoms in total. The minimum atomic E-state index is -2.07. The molecule has 1 N–H and O–H groups in total. The van der Waals surface area contributed by atoms with Gasteiger partial charge in [0.25, 0.3) is 5.91 Å². The standard InChI is InChI=1S/C28H36FN3O3Si/c1-18-11-12-19(16-30-18)26(29)21-15-24(31-22-10-8-7-9-20(21)22)27(33)32-23-13-14-34-17-25(23)35-36(5,6)28(2,3)4/h7-12,15-16,23,25-26H,13-14,17H2,1-6H3,(H,32,33)/t23-,25-,26?/m0/s1. The summed E-state index contributed by atoms with van der Waals surface area (Å²) in [5.74, 6) is -0.341. The minimum absolute atomic E-state index is 0.0365. The highest BCUT2D eigenvalue weighted by Crippen LogP contribution is 2.38. The molecule has 1 saturated heterocycles. The zero-order chi connectivity index (χ0) is 26.1.